The average Bonchev–Trinajstić information content (AvgIpc) is 3.19. The minimum absolute atomic E-state index is 0.0244. The van der Waals surface area contributed by atoms with Gasteiger partial charge in [0.25, 0.3) is 0 Å². The average molecular weight is 340 g/mol. The first-order valence-electron chi connectivity index (χ1n) is 8.16. The molecule has 2 aliphatic heterocycles. The Labute approximate surface area is 144 Å². The number of amides is 2. The van der Waals surface area contributed by atoms with E-state index in [2.05, 4.69) is 10.1 Å². The lowest BCUT2D eigenvalue weighted by Gasteiger charge is -2.23. The number of benzene rings is 2. The first-order valence-corrected chi connectivity index (χ1v) is 8.16. The lowest BCUT2D eigenvalue weighted by molar-refractivity contribution is 0.0597. The van der Waals surface area contributed by atoms with E-state index in [1.54, 1.807) is 4.90 Å². The molecule has 0 saturated carbocycles. The number of halogens is 1. The Hall–Kier alpha value is -2.89. The number of hydrogen-bond acceptors (Lipinski definition) is 3. The summed E-state index contributed by atoms with van der Waals surface area (Å²) in [7, 11) is 1.18. The molecule has 1 N–H and O–H groups in total. The highest BCUT2D eigenvalue weighted by Crippen LogP contribution is 2.53. The van der Waals surface area contributed by atoms with Crippen LogP contribution in [0.2, 0.25) is 0 Å². The van der Waals surface area contributed by atoms with Gasteiger partial charge in [-0.25, -0.2) is 14.0 Å². The van der Waals surface area contributed by atoms with Crippen LogP contribution in [0, 0.1) is 5.82 Å². The topological polar surface area (TPSA) is 58.6 Å². The summed E-state index contributed by atoms with van der Waals surface area (Å²) in [5.41, 5.74) is 2.19. The monoisotopic (exact) mass is 340 g/mol. The van der Waals surface area contributed by atoms with Crippen molar-refractivity contribution in [3.63, 3.8) is 0 Å². The second kappa shape index (κ2) is 5.88. The Morgan fingerprint density at radius 2 is 1.72 bits per heavy atom. The first kappa shape index (κ1) is 15.6. The predicted molar refractivity (Wildman–Crippen MR) is 89.8 cm³/mol. The van der Waals surface area contributed by atoms with E-state index in [1.165, 1.54) is 30.4 Å². The van der Waals surface area contributed by atoms with E-state index in [4.69, 9.17) is 0 Å². The van der Waals surface area contributed by atoms with E-state index in [1.807, 2.05) is 24.3 Å². The molecule has 2 aromatic rings. The Kier molecular flexibility index (Phi) is 3.67. The highest BCUT2D eigenvalue weighted by Gasteiger charge is 2.46. The van der Waals surface area contributed by atoms with Crippen molar-refractivity contribution < 1.29 is 18.7 Å². The Balaban J connectivity index is 1.63. The van der Waals surface area contributed by atoms with Crippen LogP contribution >= 0.6 is 0 Å². The molecular weight excluding hydrogens is 323 g/mol. The molecule has 1 fully saturated rings. The zero-order valence-corrected chi connectivity index (χ0v) is 13.7. The van der Waals surface area contributed by atoms with Gasteiger partial charge in [-0.05, 0) is 36.1 Å². The van der Waals surface area contributed by atoms with Gasteiger partial charge in [-0.2, -0.15) is 0 Å². The van der Waals surface area contributed by atoms with Gasteiger partial charge in [0.05, 0.1) is 24.9 Å². The number of ether oxygens (including phenoxy) is 1. The lowest BCUT2D eigenvalue weighted by atomic mass is 9.92. The van der Waals surface area contributed by atoms with Crippen molar-refractivity contribution >= 4 is 17.7 Å². The third kappa shape index (κ3) is 2.36. The molecule has 0 unspecified atom stereocenters. The highest BCUT2D eigenvalue weighted by atomic mass is 19.1. The number of carbonyl (C=O) groups is 2. The van der Waals surface area contributed by atoms with Gasteiger partial charge in [0.15, 0.2) is 0 Å². The third-order valence-corrected chi connectivity index (χ3v) is 4.98. The van der Waals surface area contributed by atoms with Gasteiger partial charge >= 0.3 is 12.0 Å². The molecule has 4 rings (SSSR count). The Morgan fingerprint density at radius 1 is 1.08 bits per heavy atom. The maximum Gasteiger partial charge on any atom is 0.342 e. The van der Waals surface area contributed by atoms with Crippen LogP contribution in [0.5, 0.6) is 0 Å². The fourth-order valence-electron chi connectivity index (χ4n) is 3.94. The maximum absolute atomic E-state index is 14.0. The lowest BCUT2D eigenvalue weighted by Crippen LogP contribution is -2.33. The number of nitrogens with one attached hydrogen (secondary N) is 1. The summed E-state index contributed by atoms with van der Waals surface area (Å²) in [6, 6.07) is 11.9. The van der Waals surface area contributed by atoms with Crippen molar-refractivity contribution in [1.82, 2.24) is 4.90 Å². The molecule has 1 saturated heterocycles. The number of fused-ring (bicyclic) bond motifs is 5. The maximum atomic E-state index is 14.0. The van der Waals surface area contributed by atoms with Crippen LogP contribution in [-0.2, 0) is 4.74 Å². The van der Waals surface area contributed by atoms with Crippen molar-refractivity contribution in [2.24, 2.45) is 0 Å². The normalized spacial score (nSPS) is 20.3. The van der Waals surface area contributed by atoms with Crippen molar-refractivity contribution in [3.8, 4) is 0 Å². The highest BCUT2D eigenvalue weighted by molar-refractivity contribution is 6.01. The minimum Gasteiger partial charge on any atom is -0.465 e. The molecule has 2 aliphatic rings. The van der Waals surface area contributed by atoms with Gasteiger partial charge in [-0.1, -0.05) is 30.3 Å². The SMILES string of the molecule is COC(=O)c1c(F)cccc1NC(=O)N1[C@H]2CC[C@H]1c1ccccc12. The van der Waals surface area contributed by atoms with Crippen molar-refractivity contribution in [3.05, 3.63) is 65.0 Å². The van der Waals surface area contributed by atoms with E-state index in [0.29, 0.717) is 0 Å². The summed E-state index contributed by atoms with van der Waals surface area (Å²) in [4.78, 5) is 26.5. The molecule has 2 atom stereocenters. The molecule has 2 aromatic carbocycles. The number of hydrogen-bond donors (Lipinski definition) is 1. The fourth-order valence-corrected chi connectivity index (χ4v) is 3.94. The molecule has 0 aliphatic carbocycles. The number of anilines is 1. The number of rotatable bonds is 2. The molecule has 25 heavy (non-hydrogen) atoms. The second-order valence-electron chi connectivity index (χ2n) is 6.23. The van der Waals surface area contributed by atoms with Gasteiger partial charge in [-0.3, -0.25) is 0 Å². The zero-order valence-electron chi connectivity index (χ0n) is 13.7. The molecule has 2 heterocycles. The quantitative estimate of drug-likeness (QED) is 0.840. The first-order chi connectivity index (χ1) is 12.1. The summed E-state index contributed by atoms with van der Waals surface area (Å²) in [5, 5.41) is 2.69. The molecule has 0 aromatic heterocycles. The van der Waals surface area contributed by atoms with Crippen molar-refractivity contribution in [2.75, 3.05) is 12.4 Å². The van der Waals surface area contributed by atoms with Crippen LogP contribution in [0.25, 0.3) is 0 Å². The number of nitrogens with zero attached hydrogens (tertiary/aromatic N) is 1. The minimum atomic E-state index is -0.818. The summed E-state index contributed by atoms with van der Waals surface area (Å²) in [6.45, 7) is 0. The van der Waals surface area contributed by atoms with E-state index < -0.39 is 11.8 Å². The van der Waals surface area contributed by atoms with Crippen LogP contribution < -0.4 is 5.32 Å². The summed E-state index contributed by atoms with van der Waals surface area (Å²) < 4.78 is 18.7. The molecule has 2 amide bonds. The number of esters is 1. The molecule has 2 bridgehead atoms. The number of urea groups is 1. The van der Waals surface area contributed by atoms with Crippen molar-refractivity contribution in [2.45, 2.75) is 24.9 Å². The molecule has 0 radical (unpaired) electrons. The summed E-state index contributed by atoms with van der Waals surface area (Å²) >= 11 is 0. The molecule has 128 valence electrons. The van der Waals surface area contributed by atoms with E-state index in [-0.39, 0.29) is 29.4 Å². The van der Waals surface area contributed by atoms with E-state index >= 15 is 0 Å². The van der Waals surface area contributed by atoms with Crippen molar-refractivity contribution in [1.29, 1.82) is 0 Å². The Morgan fingerprint density at radius 3 is 2.32 bits per heavy atom. The van der Waals surface area contributed by atoms with Gasteiger partial charge in [-0.15, -0.1) is 0 Å². The van der Waals surface area contributed by atoms with Crippen LogP contribution in [0.3, 0.4) is 0 Å². The van der Waals surface area contributed by atoms with Crippen LogP contribution in [-0.4, -0.2) is 24.0 Å². The molecule has 6 heteroatoms. The van der Waals surface area contributed by atoms with E-state index in [9.17, 15) is 14.0 Å². The van der Waals surface area contributed by atoms with Crippen LogP contribution in [0.15, 0.2) is 42.5 Å². The van der Waals surface area contributed by atoms with Gasteiger partial charge in [0.2, 0.25) is 0 Å². The standard InChI is InChI=1S/C19H17FN2O3/c1-25-18(23)17-13(20)7-4-8-14(17)21-19(24)22-15-9-10-16(22)12-6-3-2-5-11(12)15/h2-8,15-16H,9-10H2,1H3,(H,21,24)/t15-,16-/m0/s1. The smallest absolute Gasteiger partial charge is 0.342 e. The molecular formula is C19H17FN2O3. The van der Waals surface area contributed by atoms with E-state index in [0.717, 1.165) is 18.9 Å². The molecule has 5 nitrogen and oxygen atoms in total. The number of carbonyl (C=O) groups excluding carboxylic acids is 2. The Bertz CT molecular complexity index is 836. The summed E-state index contributed by atoms with van der Waals surface area (Å²) in [5.74, 6) is -1.54. The number of methoxy groups -OCH3 is 1. The zero-order chi connectivity index (χ0) is 17.6. The van der Waals surface area contributed by atoms with Crippen LogP contribution in [0.4, 0.5) is 14.9 Å². The largest absolute Gasteiger partial charge is 0.465 e. The van der Waals surface area contributed by atoms with Crippen LogP contribution in [0.1, 0.15) is 46.4 Å². The van der Waals surface area contributed by atoms with Gasteiger partial charge in [0.1, 0.15) is 11.4 Å². The van der Waals surface area contributed by atoms with Gasteiger partial charge < -0.3 is 15.0 Å². The third-order valence-electron chi connectivity index (χ3n) is 4.98. The summed E-state index contributed by atoms with van der Waals surface area (Å²) in [6.07, 6.45) is 1.81. The van der Waals surface area contributed by atoms with Gasteiger partial charge in [0, 0.05) is 0 Å². The predicted octanol–water partition coefficient (Wildman–Crippen LogP) is 4.04. The fraction of sp³-hybridized carbons (Fsp3) is 0.263. The molecule has 0 spiro atoms. The second-order valence-corrected chi connectivity index (χ2v) is 6.23.